The summed E-state index contributed by atoms with van der Waals surface area (Å²) in [6.45, 7) is 9.24. The van der Waals surface area contributed by atoms with E-state index in [1.54, 1.807) is 0 Å². The van der Waals surface area contributed by atoms with Crippen LogP contribution in [0.1, 0.15) is 79.1 Å². The second kappa shape index (κ2) is 5.53. The maximum Gasteiger partial charge on any atom is 0.309 e. The Labute approximate surface area is 136 Å². The van der Waals surface area contributed by atoms with Gasteiger partial charge in [-0.1, -0.05) is 27.2 Å². The molecule has 0 aromatic carbocycles. The third kappa shape index (κ3) is 2.32. The van der Waals surface area contributed by atoms with Crippen LogP contribution in [0.25, 0.3) is 0 Å². The second-order valence-electron chi connectivity index (χ2n) is 9.40. The van der Waals surface area contributed by atoms with Crippen molar-refractivity contribution in [2.45, 2.75) is 79.1 Å². The minimum absolute atomic E-state index is 0.274. The van der Waals surface area contributed by atoms with Crippen LogP contribution in [0.2, 0.25) is 0 Å². The number of rotatable bonds is 2. The molecule has 2 nitrogen and oxygen atoms in total. The highest BCUT2D eigenvalue weighted by Gasteiger charge is 2.59. The predicted octanol–water partition coefficient (Wildman–Crippen LogP) is 5.37. The van der Waals surface area contributed by atoms with Crippen molar-refractivity contribution in [2.24, 2.45) is 40.4 Å². The van der Waals surface area contributed by atoms with E-state index >= 15 is 0 Å². The molecule has 0 amide bonds. The summed E-state index contributed by atoms with van der Waals surface area (Å²) >= 11 is 0. The van der Waals surface area contributed by atoms with Gasteiger partial charge in [-0.2, -0.15) is 0 Å². The molecule has 3 fully saturated rings. The number of carboxylic acids is 1. The van der Waals surface area contributed by atoms with Crippen LogP contribution in [-0.2, 0) is 4.79 Å². The van der Waals surface area contributed by atoms with Crippen molar-refractivity contribution < 1.29 is 9.90 Å². The van der Waals surface area contributed by atoms with E-state index in [1.807, 2.05) is 6.92 Å². The summed E-state index contributed by atoms with van der Waals surface area (Å²) in [5, 5.41) is 9.86. The largest absolute Gasteiger partial charge is 0.481 e. The van der Waals surface area contributed by atoms with Gasteiger partial charge in [0.1, 0.15) is 0 Å². The summed E-state index contributed by atoms with van der Waals surface area (Å²) in [6.07, 6.45) is 9.77. The van der Waals surface area contributed by atoms with Gasteiger partial charge in [0, 0.05) is 0 Å². The molecule has 6 atom stereocenters. The van der Waals surface area contributed by atoms with Crippen LogP contribution in [0.4, 0.5) is 0 Å². The van der Waals surface area contributed by atoms with Crippen molar-refractivity contribution >= 4 is 5.97 Å². The minimum atomic E-state index is -0.544. The predicted molar refractivity (Wildman–Crippen MR) is 89.6 cm³/mol. The van der Waals surface area contributed by atoms with E-state index in [4.69, 9.17) is 0 Å². The average Bonchev–Trinajstić information content (AvgIpc) is 2.46. The molecular formula is C20H34O2. The van der Waals surface area contributed by atoms with Gasteiger partial charge in [-0.05, 0) is 86.9 Å². The van der Waals surface area contributed by atoms with Gasteiger partial charge >= 0.3 is 5.97 Å². The smallest absolute Gasteiger partial charge is 0.309 e. The SMILES string of the molecule is CC(C)C1CC[C@H]2C(CCC3[C@](C)(C(=O)O)CCC[C@@]32C)C1. The molecule has 1 N–H and O–H groups in total. The molecule has 3 aliphatic rings. The van der Waals surface area contributed by atoms with Crippen molar-refractivity contribution in [1.29, 1.82) is 0 Å². The van der Waals surface area contributed by atoms with Gasteiger partial charge in [-0.25, -0.2) is 0 Å². The van der Waals surface area contributed by atoms with E-state index in [0.29, 0.717) is 5.92 Å². The highest BCUT2D eigenvalue weighted by atomic mass is 16.4. The monoisotopic (exact) mass is 306 g/mol. The summed E-state index contributed by atoms with van der Waals surface area (Å²) in [6, 6.07) is 0. The van der Waals surface area contributed by atoms with Crippen LogP contribution >= 0.6 is 0 Å². The minimum Gasteiger partial charge on any atom is -0.481 e. The van der Waals surface area contributed by atoms with Crippen molar-refractivity contribution in [3.63, 3.8) is 0 Å². The van der Waals surface area contributed by atoms with Crippen LogP contribution in [0.15, 0.2) is 0 Å². The Bertz CT molecular complexity index is 443. The summed E-state index contributed by atoms with van der Waals surface area (Å²) in [4.78, 5) is 12.0. The molecular weight excluding hydrogens is 272 g/mol. The Kier molecular flexibility index (Phi) is 4.10. The lowest BCUT2D eigenvalue weighted by Gasteiger charge is -2.60. The van der Waals surface area contributed by atoms with Crippen molar-refractivity contribution in [3.8, 4) is 0 Å². The van der Waals surface area contributed by atoms with Gasteiger partial charge in [0.15, 0.2) is 0 Å². The normalized spacial score (nSPS) is 48.6. The van der Waals surface area contributed by atoms with E-state index in [-0.39, 0.29) is 5.41 Å². The first-order valence-electron chi connectivity index (χ1n) is 9.52. The summed E-state index contributed by atoms with van der Waals surface area (Å²) in [5.74, 6) is 3.19. The Morgan fingerprint density at radius 3 is 2.45 bits per heavy atom. The molecule has 0 aliphatic heterocycles. The molecule has 0 bridgehead atoms. The number of hydrogen-bond acceptors (Lipinski definition) is 1. The van der Waals surface area contributed by atoms with Gasteiger partial charge in [-0.15, -0.1) is 0 Å². The number of aliphatic carboxylic acids is 1. The highest BCUT2D eigenvalue weighted by molar-refractivity contribution is 5.75. The van der Waals surface area contributed by atoms with Crippen LogP contribution in [0, 0.1) is 40.4 Å². The Hall–Kier alpha value is -0.530. The van der Waals surface area contributed by atoms with E-state index in [1.165, 1.54) is 32.1 Å². The maximum absolute atomic E-state index is 12.0. The quantitative estimate of drug-likeness (QED) is 0.745. The number of carbonyl (C=O) groups is 1. The van der Waals surface area contributed by atoms with Crippen LogP contribution in [-0.4, -0.2) is 11.1 Å². The molecule has 0 heterocycles. The Morgan fingerprint density at radius 1 is 1.09 bits per heavy atom. The molecule has 3 rings (SSSR count). The van der Waals surface area contributed by atoms with Crippen LogP contribution in [0.5, 0.6) is 0 Å². The van der Waals surface area contributed by atoms with Crippen molar-refractivity contribution in [1.82, 2.24) is 0 Å². The molecule has 0 aromatic rings. The molecule has 0 saturated heterocycles. The molecule has 126 valence electrons. The Morgan fingerprint density at radius 2 is 1.82 bits per heavy atom. The van der Waals surface area contributed by atoms with Gasteiger partial charge < -0.3 is 5.11 Å². The molecule has 3 unspecified atom stereocenters. The topological polar surface area (TPSA) is 37.3 Å². The fourth-order valence-electron chi connectivity index (χ4n) is 6.73. The standard InChI is InChI=1S/C20H34O2/c1-13(2)14-6-8-16-15(12-14)7-9-17-19(16,3)10-5-11-20(17,4)18(21)22/h13-17H,5-12H2,1-4H3,(H,21,22)/t14?,15?,16-,17?,19+,20+/m0/s1. The average molecular weight is 306 g/mol. The van der Waals surface area contributed by atoms with Gasteiger partial charge in [-0.3, -0.25) is 4.79 Å². The lowest BCUT2D eigenvalue weighted by molar-refractivity contribution is -0.173. The lowest BCUT2D eigenvalue weighted by Crippen LogP contribution is -2.56. The number of hydrogen-bond donors (Lipinski definition) is 1. The van der Waals surface area contributed by atoms with Crippen LogP contribution in [0.3, 0.4) is 0 Å². The van der Waals surface area contributed by atoms with Crippen molar-refractivity contribution in [3.05, 3.63) is 0 Å². The van der Waals surface area contributed by atoms with Gasteiger partial charge in [0.25, 0.3) is 0 Å². The molecule has 3 saturated carbocycles. The lowest BCUT2D eigenvalue weighted by atomic mass is 9.43. The molecule has 2 heteroatoms. The van der Waals surface area contributed by atoms with E-state index in [0.717, 1.165) is 42.9 Å². The van der Waals surface area contributed by atoms with Crippen LogP contribution < -0.4 is 0 Å². The molecule has 0 spiro atoms. The number of fused-ring (bicyclic) bond motifs is 3. The summed E-state index contributed by atoms with van der Waals surface area (Å²) < 4.78 is 0. The first-order valence-corrected chi connectivity index (χ1v) is 9.52. The maximum atomic E-state index is 12.0. The third-order valence-electron chi connectivity index (χ3n) is 8.10. The Balaban J connectivity index is 1.86. The zero-order valence-electron chi connectivity index (χ0n) is 14.9. The molecule has 3 aliphatic carbocycles. The van der Waals surface area contributed by atoms with E-state index in [2.05, 4.69) is 20.8 Å². The van der Waals surface area contributed by atoms with E-state index in [9.17, 15) is 9.90 Å². The van der Waals surface area contributed by atoms with Gasteiger partial charge in [0.2, 0.25) is 0 Å². The fourth-order valence-corrected chi connectivity index (χ4v) is 6.73. The zero-order valence-corrected chi connectivity index (χ0v) is 14.9. The van der Waals surface area contributed by atoms with Gasteiger partial charge in [0.05, 0.1) is 5.41 Å². The second-order valence-corrected chi connectivity index (χ2v) is 9.40. The summed E-state index contributed by atoms with van der Waals surface area (Å²) in [5.41, 5.74) is -0.205. The summed E-state index contributed by atoms with van der Waals surface area (Å²) in [7, 11) is 0. The molecule has 0 radical (unpaired) electrons. The first-order chi connectivity index (χ1) is 10.3. The van der Waals surface area contributed by atoms with Crippen molar-refractivity contribution in [2.75, 3.05) is 0 Å². The molecule has 22 heavy (non-hydrogen) atoms. The zero-order chi connectivity index (χ0) is 16.1. The number of carboxylic acid groups (broad SMARTS) is 1. The fraction of sp³-hybridized carbons (Fsp3) is 0.950. The first kappa shape index (κ1) is 16.3. The highest BCUT2D eigenvalue weighted by Crippen LogP contribution is 2.64. The third-order valence-corrected chi connectivity index (χ3v) is 8.10. The van der Waals surface area contributed by atoms with E-state index < -0.39 is 11.4 Å². The molecule has 0 aromatic heterocycles.